The smallest absolute Gasteiger partial charge is 0.128 e. The second-order valence-electron chi connectivity index (χ2n) is 3.56. The van der Waals surface area contributed by atoms with Gasteiger partial charge in [-0.1, -0.05) is 0 Å². The normalized spacial score (nSPS) is 16.4. The number of rotatable bonds is 2. The van der Waals surface area contributed by atoms with Crippen molar-refractivity contribution in [3.05, 3.63) is 23.9 Å². The number of nitrogens with zero attached hydrogens (tertiary/aromatic N) is 2. The molecule has 0 aromatic carbocycles. The number of nitrogens with one attached hydrogen (secondary N) is 2. The first-order valence-electron chi connectivity index (χ1n) is 5.03. The highest BCUT2D eigenvalue weighted by atomic mass is 15.2. The van der Waals surface area contributed by atoms with E-state index in [0.29, 0.717) is 5.56 Å². The molecule has 2 rings (SSSR count). The van der Waals surface area contributed by atoms with Gasteiger partial charge >= 0.3 is 0 Å². The average molecular weight is 205 g/mol. The number of nitrogen functional groups attached to an aromatic ring is 1. The van der Waals surface area contributed by atoms with E-state index in [9.17, 15) is 0 Å². The molecule has 5 nitrogen and oxygen atoms in total. The van der Waals surface area contributed by atoms with E-state index < -0.39 is 0 Å². The average Bonchev–Trinajstić information content (AvgIpc) is 2.30. The van der Waals surface area contributed by atoms with Gasteiger partial charge in [0, 0.05) is 37.9 Å². The van der Waals surface area contributed by atoms with Gasteiger partial charge in [0.2, 0.25) is 0 Å². The number of piperazine rings is 1. The maximum atomic E-state index is 7.26. The lowest BCUT2D eigenvalue weighted by Crippen LogP contribution is -2.43. The van der Waals surface area contributed by atoms with Crippen LogP contribution in [0.15, 0.2) is 18.3 Å². The lowest BCUT2D eigenvalue weighted by molar-refractivity contribution is 0.585. The van der Waals surface area contributed by atoms with Gasteiger partial charge in [-0.05, 0) is 12.1 Å². The Bertz CT molecular complexity index is 339. The van der Waals surface area contributed by atoms with Crippen molar-refractivity contribution in [2.75, 3.05) is 31.1 Å². The number of hydrogen-bond acceptors (Lipinski definition) is 4. The predicted octanol–water partition coefficient (Wildman–Crippen LogP) is -0.225. The third-order valence-electron chi connectivity index (χ3n) is 2.50. The molecule has 0 aliphatic carbocycles. The van der Waals surface area contributed by atoms with Gasteiger partial charge in [0.15, 0.2) is 0 Å². The molecule has 1 saturated heterocycles. The Morgan fingerprint density at radius 1 is 1.40 bits per heavy atom. The number of pyridine rings is 1. The van der Waals surface area contributed by atoms with Gasteiger partial charge in [0.05, 0.1) is 0 Å². The van der Waals surface area contributed by atoms with Crippen LogP contribution in [0.5, 0.6) is 0 Å². The van der Waals surface area contributed by atoms with Crippen LogP contribution in [0.1, 0.15) is 5.56 Å². The van der Waals surface area contributed by atoms with E-state index in [1.165, 1.54) is 0 Å². The number of amidine groups is 1. The molecular formula is C10H15N5. The first-order chi connectivity index (χ1) is 7.27. The fourth-order valence-electron chi connectivity index (χ4n) is 1.63. The summed E-state index contributed by atoms with van der Waals surface area (Å²) in [7, 11) is 0. The van der Waals surface area contributed by atoms with Gasteiger partial charge in [-0.3, -0.25) is 5.41 Å². The molecule has 0 radical (unpaired) electrons. The van der Waals surface area contributed by atoms with Crippen LogP contribution in [0.25, 0.3) is 0 Å². The summed E-state index contributed by atoms with van der Waals surface area (Å²) in [5, 5.41) is 10.6. The quantitative estimate of drug-likeness (QED) is 0.460. The summed E-state index contributed by atoms with van der Waals surface area (Å²) >= 11 is 0. The molecule has 1 aromatic heterocycles. The fraction of sp³-hybridized carbons (Fsp3) is 0.400. The van der Waals surface area contributed by atoms with E-state index in [-0.39, 0.29) is 5.84 Å². The second-order valence-corrected chi connectivity index (χ2v) is 3.56. The largest absolute Gasteiger partial charge is 0.384 e. The molecule has 0 bridgehead atoms. The molecule has 0 unspecified atom stereocenters. The molecule has 1 fully saturated rings. The Hall–Kier alpha value is -1.62. The fourth-order valence-corrected chi connectivity index (χ4v) is 1.63. The first-order valence-corrected chi connectivity index (χ1v) is 5.03. The minimum Gasteiger partial charge on any atom is -0.384 e. The van der Waals surface area contributed by atoms with Crippen LogP contribution in [0.2, 0.25) is 0 Å². The molecule has 4 N–H and O–H groups in total. The van der Waals surface area contributed by atoms with Crippen molar-refractivity contribution in [2.45, 2.75) is 0 Å². The van der Waals surface area contributed by atoms with Gasteiger partial charge in [-0.2, -0.15) is 0 Å². The molecule has 0 spiro atoms. The van der Waals surface area contributed by atoms with Gasteiger partial charge in [0.1, 0.15) is 11.7 Å². The highest BCUT2D eigenvalue weighted by molar-refractivity contribution is 5.94. The van der Waals surface area contributed by atoms with E-state index in [4.69, 9.17) is 11.1 Å². The molecular weight excluding hydrogens is 190 g/mol. The van der Waals surface area contributed by atoms with Crippen molar-refractivity contribution in [1.82, 2.24) is 10.3 Å². The van der Waals surface area contributed by atoms with Crippen molar-refractivity contribution in [3.8, 4) is 0 Å². The van der Waals surface area contributed by atoms with E-state index in [2.05, 4.69) is 15.2 Å². The van der Waals surface area contributed by atoms with E-state index >= 15 is 0 Å². The van der Waals surface area contributed by atoms with Crippen molar-refractivity contribution >= 4 is 11.7 Å². The van der Waals surface area contributed by atoms with Gasteiger partial charge < -0.3 is 16.0 Å². The van der Waals surface area contributed by atoms with Crippen LogP contribution in [0.4, 0.5) is 5.82 Å². The number of anilines is 1. The molecule has 1 aliphatic rings. The summed E-state index contributed by atoms with van der Waals surface area (Å²) < 4.78 is 0. The summed E-state index contributed by atoms with van der Waals surface area (Å²) in [6.07, 6.45) is 1.65. The summed E-state index contributed by atoms with van der Waals surface area (Å²) in [4.78, 5) is 6.52. The Kier molecular flexibility index (Phi) is 2.82. The zero-order valence-corrected chi connectivity index (χ0v) is 8.53. The summed E-state index contributed by atoms with van der Waals surface area (Å²) in [6, 6.07) is 3.76. The second kappa shape index (κ2) is 4.27. The topological polar surface area (TPSA) is 78.0 Å². The van der Waals surface area contributed by atoms with Crippen molar-refractivity contribution in [1.29, 1.82) is 5.41 Å². The van der Waals surface area contributed by atoms with Crippen molar-refractivity contribution in [2.24, 2.45) is 5.73 Å². The molecule has 0 saturated carbocycles. The van der Waals surface area contributed by atoms with Gasteiger partial charge in [-0.25, -0.2) is 4.98 Å². The molecule has 1 aliphatic heterocycles. The van der Waals surface area contributed by atoms with Crippen LogP contribution in [0, 0.1) is 5.41 Å². The van der Waals surface area contributed by atoms with Crippen molar-refractivity contribution < 1.29 is 0 Å². The minimum atomic E-state index is 0.0642. The number of hydrogen-bond donors (Lipinski definition) is 3. The lowest BCUT2D eigenvalue weighted by atomic mass is 10.2. The summed E-state index contributed by atoms with van der Waals surface area (Å²) in [6.45, 7) is 3.95. The SMILES string of the molecule is N=C(N)c1ccc(N2CCNCC2)nc1. The third kappa shape index (κ3) is 2.24. The standard InChI is InChI=1S/C10H15N5/c11-10(12)8-1-2-9(14-7-8)15-5-3-13-4-6-15/h1-2,7,13H,3-6H2,(H3,11,12). The zero-order chi connectivity index (χ0) is 10.7. The van der Waals surface area contributed by atoms with Crippen LogP contribution < -0.4 is 16.0 Å². The van der Waals surface area contributed by atoms with Gasteiger partial charge in [0.25, 0.3) is 0 Å². The predicted molar refractivity (Wildman–Crippen MR) is 60.3 cm³/mol. The highest BCUT2D eigenvalue weighted by Crippen LogP contribution is 2.11. The van der Waals surface area contributed by atoms with Crippen LogP contribution in [-0.4, -0.2) is 37.0 Å². The lowest BCUT2D eigenvalue weighted by Gasteiger charge is -2.28. The molecule has 15 heavy (non-hydrogen) atoms. The van der Waals surface area contributed by atoms with E-state index in [1.807, 2.05) is 12.1 Å². The molecule has 1 aromatic rings. The number of aromatic nitrogens is 1. The van der Waals surface area contributed by atoms with Crippen LogP contribution in [0.3, 0.4) is 0 Å². The minimum absolute atomic E-state index is 0.0642. The Balaban J connectivity index is 2.11. The molecule has 5 heteroatoms. The molecule has 0 amide bonds. The summed E-state index contributed by atoms with van der Waals surface area (Å²) in [5.41, 5.74) is 6.04. The van der Waals surface area contributed by atoms with E-state index in [1.54, 1.807) is 6.20 Å². The Morgan fingerprint density at radius 3 is 2.67 bits per heavy atom. The van der Waals surface area contributed by atoms with Crippen LogP contribution >= 0.6 is 0 Å². The zero-order valence-electron chi connectivity index (χ0n) is 8.53. The maximum absolute atomic E-state index is 7.26. The first kappa shape index (κ1) is 9.92. The Labute approximate surface area is 88.8 Å². The molecule has 80 valence electrons. The molecule has 2 heterocycles. The van der Waals surface area contributed by atoms with E-state index in [0.717, 1.165) is 32.0 Å². The summed E-state index contributed by atoms with van der Waals surface area (Å²) in [5.74, 6) is 1.02. The number of nitrogens with two attached hydrogens (primary N) is 1. The highest BCUT2D eigenvalue weighted by Gasteiger charge is 2.11. The van der Waals surface area contributed by atoms with Crippen LogP contribution in [-0.2, 0) is 0 Å². The van der Waals surface area contributed by atoms with Crippen molar-refractivity contribution in [3.63, 3.8) is 0 Å². The third-order valence-corrected chi connectivity index (χ3v) is 2.50. The van der Waals surface area contributed by atoms with Gasteiger partial charge in [-0.15, -0.1) is 0 Å². The maximum Gasteiger partial charge on any atom is 0.128 e. The molecule has 0 atom stereocenters. The Morgan fingerprint density at radius 2 is 2.13 bits per heavy atom. The monoisotopic (exact) mass is 205 g/mol.